The molecule has 1 aliphatic rings. The van der Waals surface area contributed by atoms with Gasteiger partial charge in [-0.05, 0) is 35.6 Å². The molecule has 2 aromatic rings. The van der Waals surface area contributed by atoms with Gasteiger partial charge in [0.15, 0.2) is 0 Å². The van der Waals surface area contributed by atoms with Crippen LogP contribution in [0.25, 0.3) is 11.1 Å². The summed E-state index contributed by atoms with van der Waals surface area (Å²) in [4.78, 5) is 48.9. The van der Waals surface area contributed by atoms with E-state index in [1.54, 1.807) is 6.92 Å². The van der Waals surface area contributed by atoms with Crippen LogP contribution < -0.4 is 10.6 Å². The third-order valence-electron chi connectivity index (χ3n) is 5.79. The van der Waals surface area contributed by atoms with E-state index < -0.39 is 36.0 Å². The molecule has 2 atom stereocenters. The zero-order chi connectivity index (χ0) is 25.4. The normalized spacial score (nSPS) is 13.7. The maximum absolute atomic E-state index is 12.8. The summed E-state index contributed by atoms with van der Waals surface area (Å²) in [5.41, 5.74) is 4.19. The van der Waals surface area contributed by atoms with Gasteiger partial charge in [0, 0.05) is 12.0 Å². The fraction of sp³-hybridized carbons (Fsp3) is 0.385. The van der Waals surface area contributed by atoms with Crippen molar-refractivity contribution in [3.8, 4) is 11.1 Å². The first-order chi connectivity index (χ1) is 16.8. The maximum Gasteiger partial charge on any atom is 0.408 e. The second-order valence-electron chi connectivity index (χ2n) is 8.25. The van der Waals surface area contributed by atoms with Gasteiger partial charge in [-0.25, -0.2) is 9.59 Å². The largest absolute Gasteiger partial charge is 0.481 e. The van der Waals surface area contributed by atoms with Crippen molar-refractivity contribution in [1.82, 2.24) is 10.6 Å². The van der Waals surface area contributed by atoms with Crippen molar-refractivity contribution < 1.29 is 33.8 Å². The van der Waals surface area contributed by atoms with Crippen molar-refractivity contribution in [3.05, 3.63) is 59.7 Å². The molecule has 2 aromatic carbocycles. The molecule has 1 aliphatic carbocycles. The topological polar surface area (TPSA) is 131 Å². The van der Waals surface area contributed by atoms with E-state index in [9.17, 15) is 19.2 Å². The molecule has 2 amide bonds. The van der Waals surface area contributed by atoms with E-state index in [-0.39, 0.29) is 25.6 Å². The molecule has 0 fully saturated rings. The molecular formula is C26H30N2O7. The lowest BCUT2D eigenvalue weighted by atomic mass is 9.98. The molecule has 3 rings (SSSR count). The molecular weight excluding hydrogens is 452 g/mol. The molecule has 3 N–H and O–H groups in total. The van der Waals surface area contributed by atoms with E-state index in [4.69, 9.17) is 14.6 Å². The second kappa shape index (κ2) is 12.0. The molecule has 9 nitrogen and oxygen atoms in total. The number of nitrogens with one attached hydrogen (secondary N) is 2. The molecule has 0 saturated heterocycles. The van der Waals surface area contributed by atoms with Crippen molar-refractivity contribution in [2.24, 2.45) is 0 Å². The lowest BCUT2D eigenvalue weighted by Crippen LogP contribution is -2.54. The number of carboxylic acid groups (broad SMARTS) is 1. The predicted octanol–water partition coefficient (Wildman–Crippen LogP) is 3.22. The van der Waals surface area contributed by atoms with Gasteiger partial charge in [-0.3, -0.25) is 14.9 Å². The fourth-order valence-electron chi connectivity index (χ4n) is 4.28. The average Bonchev–Trinajstić information content (AvgIpc) is 3.14. The average molecular weight is 483 g/mol. The number of rotatable bonds is 11. The number of carbonyl (C=O) groups excluding carboxylic acids is 3. The first-order valence-electron chi connectivity index (χ1n) is 11.7. The van der Waals surface area contributed by atoms with E-state index in [1.807, 2.05) is 55.5 Å². The van der Waals surface area contributed by atoms with Crippen LogP contribution in [0.4, 0.5) is 4.79 Å². The molecule has 0 aromatic heterocycles. The van der Waals surface area contributed by atoms with Crippen LogP contribution in [-0.2, 0) is 23.9 Å². The number of hydrogen-bond acceptors (Lipinski definition) is 6. The second-order valence-corrected chi connectivity index (χ2v) is 8.25. The number of hydrogen-bond donors (Lipinski definition) is 3. The summed E-state index contributed by atoms with van der Waals surface area (Å²) >= 11 is 0. The maximum atomic E-state index is 12.8. The fourth-order valence-corrected chi connectivity index (χ4v) is 4.28. The molecule has 0 spiro atoms. The van der Waals surface area contributed by atoms with Crippen LogP contribution in [0, 0.1) is 0 Å². The van der Waals surface area contributed by atoms with Gasteiger partial charge in [-0.2, -0.15) is 0 Å². The van der Waals surface area contributed by atoms with Crippen molar-refractivity contribution in [3.63, 3.8) is 0 Å². The van der Waals surface area contributed by atoms with E-state index in [1.165, 1.54) is 0 Å². The number of amides is 2. The molecule has 0 heterocycles. The van der Waals surface area contributed by atoms with Crippen molar-refractivity contribution in [2.75, 3.05) is 13.2 Å². The van der Waals surface area contributed by atoms with Gasteiger partial charge >= 0.3 is 18.0 Å². The number of esters is 1. The minimum absolute atomic E-state index is 0.00248. The van der Waals surface area contributed by atoms with Gasteiger partial charge in [0.05, 0.1) is 13.0 Å². The van der Waals surface area contributed by atoms with Crippen LogP contribution in [0.5, 0.6) is 0 Å². The van der Waals surface area contributed by atoms with E-state index in [0.29, 0.717) is 12.8 Å². The van der Waals surface area contributed by atoms with Gasteiger partial charge in [-0.1, -0.05) is 61.9 Å². The third kappa shape index (κ3) is 6.38. The van der Waals surface area contributed by atoms with Gasteiger partial charge in [0.2, 0.25) is 6.04 Å². The zero-order valence-electron chi connectivity index (χ0n) is 19.8. The van der Waals surface area contributed by atoms with Gasteiger partial charge in [-0.15, -0.1) is 0 Å². The summed E-state index contributed by atoms with van der Waals surface area (Å²) in [6.45, 7) is 3.43. The Labute approximate surface area is 203 Å². The minimum Gasteiger partial charge on any atom is -0.481 e. The van der Waals surface area contributed by atoms with Crippen LogP contribution in [-0.4, -0.2) is 54.3 Å². The smallest absolute Gasteiger partial charge is 0.408 e. The third-order valence-corrected chi connectivity index (χ3v) is 5.79. The Balaban J connectivity index is 1.69. The van der Waals surface area contributed by atoms with Crippen LogP contribution in [0.15, 0.2) is 48.5 Å². The van der Waals surface area contributed by atoms with E-state index in [0.717, 1.165) is 22.3 Å². The summed E-state index contributed by atoms with van der Waals surface area (Å²) in [6, 6.07) is 13.4. The van der Waals surface area contributed by atoms with Gasteiger partial charge in [0.1, 0.15) is 6.61 Å². The van der Waals surface area contributed by atoms with Crippen molar-refractivity contribution in [1.29, 1.82) is 0 Å². The standard InChI is InChI=1S/C26H30N2O7/c1-3-9-16(14-22(29)30)27-24(31)23(25(32)34-4-2)28-26(33)35-15-21-19-12-7-5-10-17(19)18-11-6-8-13-20(18)21/h5-8,10-13,16,21,23H,3-4,9,14-15H2,1-2H3,(H,27,31)(H,28,33)(H,29,30)/t16-,23?/m1/s1. The quantitative estimate of drug-likeness (QED) is 0.331. The Morgan fingerprint density at radius 3 is 2.06 bits per heavy atom. The predicted molar refractivity (Wildman–Crippen MR) is 128 cm³/mol. The molecule has 0 aliphatic heterocycles. The van der Waals surface area contributed by atoms with Crippen LogP contribution in [0.3, 0.4) is 0 Å². The molecule has 0 saturated carbocycles. The van der Waals surface area contributed by atoms with Gasteiger partial charge < -0.3 is 19.9 Å². The first kappa shape index (κ1) is 25.7. The number of aliphatic carboxylic acids is 1. The zero-order valence-corrected chi connectivity index (χ0v) is 19.8. The number of ether oxygens (including phenoxy) is 2. The highest BCUT2D eigenvalue weighted by Crippen LogP contribution is 2.44. The Hall–Kier alpha value is -3.88. The number of alkyl carbamates (subject to hydrolysis) is 1. The molecule has 35 heavy (non-hydrogen) atoms. The van der Waals surface area contributed by atoms with Crippen LogP contribution in [0.2, 0.25) is 0 Å². The van der Waals surface area contributed by atoms with Crippen molar-refractivity contribution >= 4 is 23.9 Å². The SMILES string of the molecule is CCC[C@H](CC(=O)O)NC(=O)C(NC(=O)OCC1c2ccccc2-c2ccccc21)C(=O)OCC. The summed E-state index contributed by atoms with van der Waals surface area (Å²) in [6.07, 6.45) is -0.230. The summed E-state index contributed by atoms with van der Waals surface area (Å²) in [5, 5.41) is 13.9. The lowest BCUT2D eigenvalue weighted by molar-refractivity contribution is -0.149. The van der Waals surface area contributed by atoms with Gasteiger partial charge in [0.25, 0.3) is 5.91 Å². The van der Waals surface area contributed by atoms with Crippen LogP contribution in [0.1, 0.15) is 50.2 Å². The number of carbonyl (C=O) groups is 4. The number of fused-ring (bicyclic) bond motifs is 3. The number of carboxylic acids is 1. The Kier molecular flexibility index (Phi) is 8.83. The van der Waals surface area contributed by atoms with Crippen molar-refractivity contribution in [2.45, 2.75) is 51.1 Å². The first-order valence-corrected chi connectivity index (χ1v) is 11.7. The monoisotopic (exact) mass is 482 g/mol. The molecule has 0 radical (unpaired) electrons. The number of benzene rings is 2. The molecule has 186 valence electrons. The van der Waals surface area contributed by atoms with E-state index >= 15 is 0 Å². The molecule has 1 unspecified atom stereocenters. The Morgan fingerprint density at radius 1 is 0.914 bits per heavy atom. The summed E-state index contributed by atoms with van der Waals surface area (Å²) < 4.78 is 10.4. The lowest BCUT2D eigenvalue weighted by Gasteiger charge is -2.22. The Bertz CT molecular complexity index is 1040. The van der Waals surface area contributed by atoms with Crippen LogP contribution >= 0.6 is 0 Å². The summed E-state index contributed by atoms with van der Waals surface area (Å²) in [5.74, 6) is -3.07. The highest BCUT2D eigenvalue weighted by atomic mass is 16.6. The van der Waals surface area contributed by atoms with E-state index in [2.05, 4.69) is 10.6 Å². The Morgan fingerprint density at radius 2 is 1.51 bits per heavy atom. The molecule has 9 heteroatoms. The summed E-state index contributed by atoms with van der Waals surface area (Å²) in [7, 11) is 0. The minimum atomic E-state index is -1.67. The highest BCUT2D eigenvalue weighted by Gasteiger charge is 2.33. The molecule has 0 bridgehead atoms. The highest BCUT2D eigenvalue weighted by molar-refractivity contribution is 6.04.